The lowest BCUT2D eigenvalue weighted by Crippen LogP contribution is -2.24. The fraction of sp³-hybridized carbons (Fsp3) is 0.0357. The molecule has 5 aromatic rings. The van der Waals surface area contributed by atoms with Gasteiger partial charge in [-0.05, 0) is 71.8 Å². The third-order valence-electron chi connectivity index (χ3n) is 5.58. The first-order valence-corrected chi connectivity index (χ1v) is 11.1. The van der Waals surface area contributed by atoms with Crippen molar-refractivity contribution in [2.24, 2.45) is 0 Å². The fourth-order valence-corrected chi connectivity index (χ4v) is 3.83. The standard InChI is InChI=1S/C28H20F2N4O2/c29-22-8-4-19(5-9-22)6-12-27(35)31-24-3-1-2-20(16-24)18-34-28(36)13-11-26(32-34)33-15-14-21-7-10-23(30)17-25(21)33/h1-17H,18H2,(H,31,35)/b12-6+. The van der Waals surface area contributed by atoms with Gasteiger partial charge in [-0.1, -0.05) is 24.3 Å². The molecular formula is C28H20F2N4O2. The quantitative estimate of drug-likeness (QED) is 0.340. The molecule has 8 heteroatoms. The summed E-state index contributed by atoms with van der Waals surface area (Å²) < 4.78 is 29.8. The Morgan fingerprint density at radius 2 is 1.72 bits per heavy atom. The molecule has 5 rings (SSSR count). The van der Waals surface area contributed by atoms with E-state index in [1.807, 2.05) is 12.1 Å². The largest absolute Gasteiger partial charge is 0.323 e. The van der Waals surface area contributed by atoms with Crippen LogP contribution in [-0.2, 0) is 11.3 Å². The summed E-state index contributed by atoms with van der Waals surface area (Å²) in [4.78, 5) is 24.8. The molecular weight excluding hydrogens is 462 g/mol. The normalized spacial score (nSPS) is 11.3. The van der Waals surface area contributed by atoms with Crippen LogP contribution in [0.15, 0.2) is 102 Å². The number of fused-ring (bicyclic) bond motifs is 1. The molecule has 0 atom stereocenters. The number of hydrogen-bond acceptors (Lipinski definition) is 3. The Hall–Kier alpha value is -4.85. The van der Waals surface area contributed by atoms with Gasteiger partial charge in [0, 0.05) is 29.4 Å². The first kappa shape index (κ1) is 22.9. The maximum Gasteiger partial charge on any atom is 0.267 e. The molecule has 0 spiro atoms. The van der Waals surface area contributed by atoms with E-state index in [4.69, 9.17) is 0 Å². The molecule has 0 fully saturated rings. The Balaban J connectivity index is 1.34. The van der Waals surface area contributed by atoms with E-state index in [-0.39, 0.29) is 29.6 Å². The molecule has 1 amide bonds. The molecule has 0 radical (unpaired) electrons. The van der Waals surface area contributed by atoms with E-state index in [9.17, 15) is 18.4 Å². The number of carbonyl (C=O) groups is 1. The van der Waals surface area contributed by atoms with E-state index < -0.39 is 0 Å². The van der Waals surface area contributed by atoms with Crippen molar-refractivity contribution in [3.05, 3.63) is 130 Å². The minimum Gasteiger partial charge on any atom is -0.323 e. The Labute approximate surface area is 204 Å². The summed E-state index contributed by atoms with van der Waals surface area (Å²) in [7, 11) is 0. The first-order valence-electron chi connectivity index (χ1n) is 11.1. The Morgan fingerprint density at radius 3 is 2.56 bits per heavy atom. The molecule has 0 saturated heterocycles. The Kier molecular flexibility index (Phi) is 6.23. The van der Waals surface area contributed by atoms with Gasteiger partial charge in [0.15, 0.2) is 5.82 Å². The molecule has 6 nitrogen and oxygen atoms in total. The number of rotatable bonds is 6. The molecule has 2 heterocycles. The van der Waals surface area contributed by atoms with Crippen LogP contribution in [0.1, 0.15) is 11.1 Å². The van der Waals surface area contributed by atoms with Gasteiger partial charge in [0.05, 0.1) is 12.1 Å². The molecule has 178 valence electrons. The van der Waals surface area contributed by atoms with Crippen LogP contribution in [0.2, 0.25) is 0 Å². The van der Waals surface area contributed by atoms with Gasteiger partial charge < -0.3 is 5.32 Å². The second-order valence-corrected chi connectivity index (χ2v) is 8.15. The Bertz CT molecular complexity index is 1650. The number of carbonyl (C=O) groups excluding carboxylic acids is 1. The number of nitrogens with one attached hydrogen (secondary N) is 1. The van der Waals surface area contributed by atoms with E-state index in [1.165, 1.54) is 41.1 Å². The predicted molar refractivity (Wildman–Crippen MR) is 135 cm³/mol. The van der Waals surface area contributed by atoms with E-state index in [1.54, 1.807) is 59.3 Å². The summed E-state index contributed by atoms with van der Waals surface area (Å²) >= 11 is 0. The van der Waals surface area contributed by atoms with Gasteiger partial charge >= 0.3 is 0 Å². The summed E-state index contributed by atoms with van der Waals surface area (Å²) in [5, 5.41) is 8.10. The van der Waals surface area contributed by atoms with Gasteiger partial charge in [-0.3, -0.25) is 14.2 Å². The molecule has 0 aliphatic heterocycles. The number of hydrogen-bond donors (Lipinski definition) is 1. The summed E-state index contributed by atoms with van der Waals surface area (Å²) in [6.07, 6.45) is 4.72. The smallest absolute Gasteiger partial charge is 0.267 e. The number of halogens is 2. The number of benzene rings is 3. The summed E-state index contributed by atoms with van der Waals surface area (Å²) in [5.41, 5.74) is 2.36. The van der Waals surface area contributed by atoms with Crippen LogP contribution < -0.4 is 10.9 Å². The maximum atomic E-state index is 13.8. The van der Waals surface area contributed by atoms with Crippen molar-refractivity contribution < 1.29 is 13.6 Å². The average Bonchev–Trinajstić information content (AvgIpc) is 3.28. The van der Waals surface area contributed by atoms with Crippen LogP contribution in [0.3, 0.4) is 0 Å². The summed E-state index contributed by atoms with van der Waals surface area (Å²) in [5.74, 6) is -0.573. The lowest BCUT2D eigenvalue weighted by molar-refractivity contribution is -0.111. The van der Waals surface area contributed by atoms with Gasteiger partial charge in [0.1, 0.15) is 11.6 Å². The highest BCUT2D eigenvalue weighted by molar-refractivity contribution is 6.01. The topological polar surface area (TPSA) is 68.9 Å². The number of aromatic nitrogens is 3. The zero-order chi connectivity index (χ0) is 25.1. The number of nitrogens with zero attached hydrogens (tertiary/aromatic N) is 3. The van der Waals surface area contributed by atoms with Crippen molar-refractivity contribution in [2.75, 3.05) is 5.32 Å². The highest BCUT2D eigenvalue weighted by atomic mass is 19.1. The molecule has 36 heavy (non-hydrogen) atoms. The van der Waals surface area contributed by atoms with Crippen LogP contribution in [0.5, 0.6) is 0 Å². The second kappa shape index (κ2) is 9.79. The second-order valence-electron chi connectivity index (χ2n) is 8.15. The van der Waals surface area contributed by atoms with E-state index >= 15 is 0 Å². The fourth-order valence-electron chi connectivity index (χ4n) is 3.83. The van der Waals surface area contributed by atoms with E-state index in [0.717, 1.165) is 10.9 Å². The molecule has 0 saturated carbocycles. The van der Waals surface area contributed by atoms with Gasteiger partial charge in [0.25, 0.3) is 5.56 Å². The SMILES string of the molecule is O=C(/C=C/c1ccc(F)cc1)Nc1cccc(Cn2nc(-n3ccc4ccc(F)cc43)ccc2=O)c1. The lowest BCUT2D eigenvalue weighted by Gasteiger charge is -2.10. The highest BCUT2D eigenvalue weighted by Crippen LogP contribution is 2.20. The van der Waals surface area contributed by atoms with Crippen molar-refractivity contribution in [1.29, 1.82) is 0 Å². The van der Waals surface area contributed by atoms with Crippen LogP contribution >= 0.6 is 0 Å². The molecule has 2 aromatic heterocycles. The van der Waals surface area contributed by atoms with Crippen LogP contribution in [0, 0.1) is 11.6 Å². The Morgan fingerprint density at radius 1 is 0.917 bits per heavy atom. The molecule has 0 bridgehead atoms. The first-order chi connectivity index (χ1) is 17.4. The number of anilines is 1. The van der Waals surface area contributed by atoms with Gasteiger partial charge in [-0.15, -0.1) is 0 Å². The van der Waals surface area contributed by atoms with E-state index in [2.05, 4.69) is 10.4 Å². The molecule has 1 N–H and O–H groups in total. The van der Waals surface area contributed by atoms with Crippen molar-refractivity contribution in [1.82, 2.24) is 14.3 Å². The van der Waals surface area contributed by atoms with Crippen molar-refractivity contribution >= 4 is 28.6 Å². The van der Waals surface area contributed by atoms with Crippen LogP contribution in [0.4, 0.5) is 14.5 Å². The van der Waals surface area contributed by atoms with Crippen LogP contribution in [0.25, 0.3) is 22.8 Å². The van der Waals surface area contributed by atoms with E-state index in [0.29, 0.717) is 22.6 Å². The zero-order valence-electron chi connectivity index (χ0n) is 18.9. The lowest BCUT2D eigenvalue weighted by atomic mass is 10.2. The summed E-state index contributed by atoms with van der Waals surface area (Å²) in [6.45, 7) is 0.176. The van der Waals surface area contributed by atoms with Crippen molar-refractivity contribution in [3.63, 3.8) is 0 Å². The van der Waals surface area contributed by atoms with Gasteiger partial charge in [-0.2, -0.15) is 5.10 Å². The monoisotopic (exact) mass is 482 g/mol. The van der Waals surface area contributed by atoms with Gasteiger partial charge in [-0.25, -0.2) is 13.5 Å². The minimum absolute atomic E-state index is 0.176. The zero-order valence-corrected chi connectivity index (χ0v) is 18.9. The third kappa shape index (κ3) is 5.12. The molecule has 0 unspecified atom stereocenters. The van der Waals surface area contributed by atoms with Crippen molar-refractivity contribution in [3.8, 4) is 5.82 Å². The van der Waals surface area contributed by atoms with Crippen molar-refractivity contribution in [2.45, 2.75) is 6.54 Å². The number of amides is 1. The molecule has 3 aromatic carbocycles. The predicted octanol–water partition coefficient (Wildman–Crippen LogP) is 5.17. The van der Waals surface area contributed by atoms with Crippen LogP contribution in [-0.4, -0.2) is 20.3 Å². The average molecular weight is 482 g/mol. The minimum atomic E-state index is -0.359. The molecule has 0 aliphatic rings. The van der Waals surface area contributed by atoms with Gasteiger partial charge in [0.2, 0.25) is 5.91 Å². The maximum absolute atomic E-state index is 13.8. The highest BCUT2D eigenvalue weighted by Gasteiger charge is 2.09. The third-order valence-corrected chi connectivity index (χ3v) is 5.58. The molecule has 0 aliphatic carbocycles. The summed E-state index contributed by atoms with van der Waals surface area (Å²) in [6, 6.07) is 22.2.